The van der Waals surface area contributed by atoms with E-state index in [4.69, 9.17) is 5.73 Å². The van der Waals surface area contributed by atoms with Crippen molar-refractivity contribution in [2.75, 3.05) is 13.1 Å². The van der Waals surface area contributed by atoms with Crippen molar-refractivity contribution < 1.29 is 19.2 Å². The Morgan fingerprint density at radius 3 is 2.54 bits per heavy atom. The fourth-order valence-corrected chi connectivity index (χ4v) is 3.33. The molecule has 2 heterocycles. The summed E-state index contributed by atoms with van der Waals surface area (Å²) in [7, 11) is 0. The molecule has 28 heavy (non-hydrogen) atoms. The van der Waals surface area contributed by atoms with Crippen molar-refractivity contribution in [2.24, 2.45) is 11.7 Å². The van der Waals surface area contributed by atoms with Gasteiger partial charge in [0, 0.05) is 38.3 Å². The standard InChI is InChI=1S/C18H26N6O4/c1-10(2)15(16(19)26)24-6-5-23(11(3)17(24)27)18(28)14(22-12(4)25)7-13-8-20-9-21-13/h8-10,14-15H,3,5-7H2,1-2,4H3,(H2,19,26)(H,20,21)(H,22,25). The molecule has 10 nitrogen and oxygen atoms in total. The summed E-state index contributed by atoms with van der Waals surface area (Å²) in [6.45, 7) is 8.93. The number of imidazole rings is 1. The van der Waals surface area contributed by atoms with E-state index in [-0.39, 0.29) is 37.0 Å². The number of rotatable bonds is 7. The van der Waals surface area contributed by atoms with Gasteiger partial charge < -0.3 is 25.8 Å². The highest BCUT2D eigenvalue weighted by atomic mass is 16.2. The minimum Gasteiger partial charge on any atom is -0.368 e. The lowest BCUT2D eigenvalue weighted by Crippen LogP contribution is -2.60. The second-order valence-electron chi connectivity index (χ2n) is 7.06. The van der Waals surface area contributed by atoms with Crippen LogP contribution in [0.1, 0.15) is 26.5 Å². The first-order valence-corrected chi connectivity index (χ1v) is 8.98. The van der Waals surface area contributed by atoms with Crippen molar-refractivity contribution in [1.82, 2.24) is 25.1 Å². The van der Waals surface area contributed by atoms with Crippen molar-refractivity contribution in [2.45, 2.75) is 39.3 Å². The van der Waals surface area contributed by atoms with Gasteiger partial charge in [-0.25, -0.2) is 4.98 Å². The maximum absolute atomic E-state index is 13.0. The molecule has 2 unspecified atom stereocenters. The summed E-state index contributed by atoms with van der Waals surface area (Å²) in [6.07, 6.45) is 3.22. The number of amides is 4. The molecule has 1 aliphatic rings. The van der Waals surface area contributed by atoms with Gasteiger partial charge >= 0.3 is 0 Å². The summed E-state index contributed by atoms with van der Waals surface area (Å²) in [5, 5.41) is 2.60. The summed E-state index contributed by atoms with van der Waals surface area (Å²) in [4.78, 5) is 58.5. The van der Waals surface area contributed by atoms with Gasteiger partial charge in [-0.3, -0.25) is 19.2 Å². The van der Waals surface area contributed by atoms with Gasteiger partial charge in [-0.15, -0.1) is 0 Å². The first-order valence-electron chi connectivity index (χ1n) is 8.98. The van der Waals surface area contributed by atoms with E-state index in [1.54, 1.807) is 20.0 Å². The largest absolute Gasteiger partial charge is 0.368 e. The number of nitrogens with one attached hydrogen (secondary N) is 2. The van der Waals surface area contributed by atoms with Crippen LogP contribution in [-0.2, 0) is 25.6 Å². The van der Waals surface area contributed by atoms with Crippen LogP contribution in [0.2, 0.25) is 0 Å². The van der Waals surface area contributed by atoms with Crippen molar-refractivity contribution in [3.8, 4) is 0 Å². The fraction of sp³-hybridized carbons (Fsp3) is 0.500. The predicted molar refractivity (Wildman–Crippen MR) is 100 cm³/mol. The van der Waals surface area contributed by atoms with Gasteiger partial charge in [-0.05, 0) is 5.92 Å². The lowest BCUT2D eigenvalue weighted by molar-refractivity contribution is -0.147. The normalized spacial score (nSPS) is 16.9. The Morgan fingerprint density at radius 2 is 2.04 bits per heavy atom. The fourth-order valence-electron chi connectivity index (χ4n) is 3.33. The number of nitrogens with two attached hydrogens (primary N) is 1. The van der Waals surface area contributed by atoms with Gasteiger partial charge in [0.1, 0.15) is 17.8 Å². The van der Waals surface area contributed by atoms with Crippen LogP contribution in [0.5, 0.6) is 0 Å². The van der Waals surface area contributed by atoms with Crippen molar-refractivity contribution in [1.29, 1.82) is 0 Å². The molecular formula is C18H26N6O4. The Morgan fingerprint density at radius 1 is 1.36 bits per heavy atom. The average Bonchev–Trinajstić information content (AvgIpc) is 3.10. The van der Waals surface area contributed by atoms with Gasteiger partial charge in [0.2, 0.25) is 17.7 Å². The van der Waals surface area contributed by atoms with Gasteiger partial charge in [0.15, 0.2) is 0 Å². The minimum absolute atomic E-state index is 0.0527. The lowest BCUT2D eigenvalue weighted by Gasteiger charge is -2.41. The summed E-state index contributed by atoms with van der Waals surface area (Å²) in [5.74, 6) is -2.14. The van der Waals surface area contributed by atoms with E-state index < -0.39 is 29.8 Å². The number of H-pyrrole nitrogens is 1. The monoisotopic (exact) mass is 390 g/mol. The minimum atomic E-state index is -0.883. The molecule has 4 N–H and O–H groups in total. The van der Waals surface area contributed by atoms with E-state index in [2.05, 4.69) is 21.9 Å². The summed E-state index contributed by atoms with van der Waals surface area (Å²) in [6, 6.07) is -1.66. The topological polar surface area (TPSA) is 141 Å². The molecule has 4 amide bonds. The van der Waals surface area contributed by atoms with Crippen LogP contribution < -0.4 is 11.1 Å². The molecule has 1 fully saturated rings. The summed E-state index contributed by atoms with van der Waals surface area (Å²) < 4.78 is 0. The predicted octanol–water partition coefficient (Wildman–Crippen LogP) is -0.849. The van der Waals surface area contributed by atoms with Crippen LogP contribution in [0, 0.1) is 5.92 Å². The van der Waals surface area contributed by atoms with E-state index in [0.29, 0.717) is 5.69 Å². The molecule has 2 atom stereocenters. The zero-order valence-electron chi connectivity index (χ0n) is 16.3. The van der Waals surface area contributed by atoms with Crippen LogP contribution >= 0.6 is 0 Å². The number of aromatic nitrogens is 2. The number of aromatic amines is 1. The average molecular weight is 390 g/mol. The smallest absolute Gasteiger partial charge is 0.270 e. The third-order valence-electron chi connectivity index (χ3n) is 4.58. The first-order chi connectivity index (χ1) is 13.1. The maximum Gasteiger partial charge on any atom is 0.270 e. The van der Waals surface area contributed by atoms with Crippen LogP contribution in [0.3, 0.4) is 0 Å². The van der Waals surface area contributed by atoms with Crippen molar-refractivity contribution >= 4 is 23.6 Å². The highest BCUT2D eigenvalue weighted by molar-refractivity contribution is 6.01. The van der Waals surface area contributed by atoms with Gasteiger partial charge in [0.05, 0.1) is 6.33 Å². The highest BCUT2D eigenvalue weighted by Gasteiger charge is 2.40. The third kappa shape index (κ3) is 4.56. The molecule has 0 aliphatic carbocycles. The number of carbonyl (C=O) groups excluding carboxylic acids is 4. The zero-order valence-corrected chi connectivity index (χ0v) is 16.3. The second-order valence-corrected chi connectivity index (χ2v) is 7.06. The van der Waals surface area contributed by atoms with Crippen molar-refractivity contribution in [3.63, 3.8) is 0 Å². The molecule has 0 bridgehead atoms. The molecule has 0 radical (unpaired) electrons. The number of hydrogen-bond acceptors (Lipinski definition) is 5. The molecule has 0 saturated carbocycles. The Hall–Kier alpha value is -3.17. The zero-order chi connectivity index (χ0) is 21.0. The van der Waals surface area contributed by atoms with E-state index in [1.807, 2.05) is 0 Å². The lowest BCUT2D eigenvalue weighted by atomic mass is 10.00. The van der Waals surface area contributed by atoms with E-state index in [9.17, 15) is 19.2 Å². The molecule has 2 rings (SSSR count). The molecule has 152 valence electrons. The van der Waals surface area contributed by atoms with E-state index in [1.165, 1.54) is 23.1 Å². The number of carbonyl (C=O) groups is 4. The van der Waals surface area contributed by atoms with Gasteiger partial charge in [0.25, 0.3) is 5.91 Å². The quantitative estimate of drug-likeness (QED) is 0.520. The number of nitrogens with zero attached hydrogens (tertiary/aromatic N) is 3. The Kier molecular flexibility index (Phi) is 6.55. The number of hydrogen-bond donors (Lipinski definition) is 3. The van der Waals surface area contributed by atoms with Crippen LogP contribution in [-0.4, -0.2) is 68.6 Å². The van der Waals surface area contributed by atoms with Gasteiger partial charge in [-0.1, -0.05) is 20.4 Å². The van der Waals surface area contributed by atoms with E-state index >= 15 is 0 Å². The second kappa shape index (κ2) is 8.68. The molecule has 0 spiro atoms. The molecule has 1 saturated heterocycles. The Balaban J connectivity index is 2.19. The molecule has 1 aromatic rings. The third-order valence-corrected chi connectivity index (χ3v) is 4.58. The first kappa shape index (κ1) is 21.1. The Labute approximate surface area is 163 Å². The maximum atomic E-state index is 13.0. The van der Waals surface area contributed by atoms with E-state index in [0.717, 1.165) is 0 Å². The van der Waals surface area contributed by atoms with Gasteiger partial charge in [-0.2, -0.15) is 0 Å². The van der Waals surface area contributed by atoms with Crippen LogP contribution in [0.25, 0.3) is 0 Å². The Bertz CT molecular complexity index is 773. The SMILES string of the molecule is C=C1C(=O)N(C(C(N)=O)C(C)C)CCN1C(=O)C(Cc1cnc[nH]1)NC(C)=O. The molecule has 0 aromatic carbocycles. The molecule has 10 heteroatoms. The number of primary amides is 1. The highest BCUT2D eigenvalue weighted by Crippen LogP contribution is 2.21. The van der Waals surface area contributed by atoms with Crippen LogP contribution in [0.4, 0.5) is 0 Å². The van der Waals surface area contributed by atoms with Crippen molar-refractivity contribution in [3.05, 3.63) is 30.5 Å². The number of piperazine rings is 1. The molecule has 1 aliphatic heterocycles. The van der Waals surface area contributed by atoms with Crippen LogP contribution in [0.15, 0.2) is 24.8 Å². The molecular weight excluding hydrogens is 364 g/mol. The summed E-state index contributed by atoms with van der Waals surface area (Å²) >= 11 is 0. The molecule has 1 aromatic heterocycles. The summed E-state index contributed by atoms with van der Waals surface area (Å²) in [5.41, 5.74) is 6.06.